The van der Waals surface area contributed by atoms with E-state index in [0.717, 1.165) is 6.42 Å². The van der Waals surface area contributed by atoms with Crippen LogP contribution in [0.4, 0.5) is 4.39 Å². The summed E-state index contributed by atoms with van der Waals surface area (Å²) in [5.41, 5.74) is 0.372. The highest BCUT2D eigenvalue weighted by Crippen LogP contribution is 2.38. The molecule has 1 unspecified atom stereocenters. The maximum atomic E-state index is 13.0. The number of unbranched alkanes of at least 4 members (excludes halogenated alkanes) is 4. The van der Waals surface area contributed by atoms with Crippen molar-refractivity contribution in [2.24, 2.45) is 0 Å². The van der Waals surface area contributed by atoms with Crippen molar-refractivity contribution in [2.45, 2.75) is 115 Å². The highest BCUT2D eigenvalue weighted by Gasteiger charge is 2.29. The normalized spacial score (nSPS) is 13.8. The van der Waals surface area contributed by atoms with Crippen LogP contribution in [0.25, 0.3) is 0 Å². The third-order valence-electron chi connectivity index (χ3n) is 7.89. The Labute approximate surface area is 313 Å². The Hall–Kier alpha value is -4.45. The van der Waals surface area contributed by atoms with Crippen molar-refractivity contribution in [1.29, 1.82) is 0 Å². The van der Waals surface area contributed by atoms with Gasteiger partial charge in [0.15, 0.2) is 0 Å². The van der Waals surface area contributed by atoms with Gasteiger partial charge >= 0.3 is 25.7 Å². The zero-order valence-corrected chi connectivity index (χ0v) is 31.2. The molecule has 20 heteroatoms. The molecule has 4 atom stereocenters. The minimum atomic E-state index is -4.56. The third kappa shape index (κ3) is 23.3. The van der Waals surface area contributed by atoms with E-state index >= 15 is 0 Å². The van der Waals surface area contributed by atoms with Gasteiger partial charge < -0.3 is 41.5 Å². The summed E-state index contributed by atoms with van der Waals surface area (Å²) in [7, 11) is -4.56. The zero-order chi connectivity index (χ0) is 40.5. The number of rotatable bonds is 30. The van der Waals surface area contributed by atoms with Gasteiger partial charge in [-0.2, -0.15) is 0 Å². The lowest BCUT2D eigenvalue weighted by Crippen LogP contribution is -2.42. The predicted molar refractivity (Wildman–Crippen MR) is 192 cm³/mol. The lowest BCUT2D eigenvalue weighted by Gasteiger charge is -2.19. The summed E-state index contributed by atoms with van der Waals surface area (Å²) < 4.78 is 29.9. The molecule has 0 aliphatic carbocycles. The van der Waals surface area contributed by atoms with Gasteiger partial charge in [-0.1, -0.05) is 12.8 Å². The SMILES string of the molecule is C[C@H](CCCOP(=O)(O)N[C@@H](CCC(=O)O)C(=O)O)NC(=O)CC[C@H](NC(=O)CCCCCNC(=O)CCCCCNC(=O)c1ccc(F)cc1)C(=O)O. The van der Waals surface area contributed by atoms with Crippen LogP contribution in [0.5, 0.6) is 0 Å². The maximum Gasteiger partial charge on any atom is 0.403 e. The van der Waals surface area contributed by atoms with Gasteiger partial charge in [0, 0.05) is 50.4 Å². The van der Waals surface area contributed by atoms with Crippen molar-refractivity contribution in [1.82, 2.24) is 26.4 Å². The molecule has 0 heterocycles. The summed E-state index contributed by atoms with van der Waals surface area (Å²) in [5.74, 6) is -5.86. The van der Waals surface area contributed by atoms with Gasteiger partial charge in [0.2, 0.25) is 17.7 Å². The van der Waals surface area contributed by atoms with Crippen LogP contribution in [-0.2, 0) is 37.9 Å². The first-order chi connectivity index (χ1) is 25.5. The fourth-order valence-electron chi connectivity index (χ4n) is 4.94. The quantitative estimate of drug-likeness (QED) is 0.0400. The lowest BCUT2D eigenvalue weighted by atomic mass is 10.1. The second-order valence-corrected chi connectivity index (χ2v) is 14.2. The number of hydrogen-bond acceptors (Lipinski definition) is 9. The molecule has 0 bridgehead atoms. The van der Waals surface area contributed by atoms with E-state index in [9.17, 15) is 52.5 Å². The van der Waals surface area contributed by atoms with Crippen molar-refractivity contribution in [3.05, 3.63) is 35.6 Å². The van der Waals surface area contributed by atoms with Crippen LogP contribution in [0.1, 0.15) is 107 Å². The molecule has 0 aliphatic rings. The van der Waals surface area contributed by atoms with Crippen LogP contribution in [0, 0.1) is 5.82 Å². The molecule has 18 nitrogen and oxygen atoms in total. The van der Waals surface area contributed by atoms with Crippen LogP contribution in [0.3, 0.4) is 0 Å². The molecule has 0 aliphatic heterocycles. The van der Waals surface area contributed by atoms with Gasteiger partial charge in [-0.3, -0.25) is 33.3 Å². The molecule has 0 aromatic heterocycles. The van der Waals surface area contributed by atoms with E-state index in [-0.39, 0.29) is 44.1 Å². The summed E-state index contributed by atoms with van der Waals surface area (Å²) in [6.07, 6.45) is 3.32. The molecule has 1 rings (SSSR count). The predicted octanol–water partition coefficient (Wildman–Crippen LogP) is 2.45. The third-order valence-corrected chi connectivity index (χ3v) is 9.06. The van der Waals surface area contributed by atoms with E-state index in [1.165, 1.54) is 24.3 Å². The Bertz CT molecular complexity index is 1430. The van der Waals surface area contributed by atoms with Gasteiger partial charge in [-0.25, -0.2) is 18.8 Å². The fraction of sp³-hybridized carbons (Fsp3) is 0.618. The zero-order valence-electron chi connectivity index (χ0n) is 30.4. The minimum Gasteiger partial charge on any atom is -0.481 e. The van der Waals surface area contributed by atoms with Gasteiger partial charge in [0.25, 0.3) is 5.91 Å². The molecule has 0 fully saturated rings. The van der Waals surface area contributed by atoms with Crippen molar-refractivity contribution in [3.8, 4) is 0 Å². The van der Waals surface area contributed by atoms with Gasteiger partial charge in [0.1, 0.15) is 17.9 Å². The first-order valence-electron chi connectivity index (χ1n) is 17.8. The van der Waals surface area contributed by atoms with E-state index in [0.29, 0.717) is 63.6 Å². The number of aliphatic carboxylic acids is 3. The summed E-state index contributed by atoms with van der Waals surface area (Å²) in [6.45, 7) is 2.24. The first-order valence-corrected chi connectivity index (χ1v) is 19.4. The fourth-order valence-corrected chi connectivity index (χ4v) is 6.02. The molecular formula is C34H53FN5O13P. The standard InChI is InChI=1S/C34H53FN5O13P/c1-23(9-8-22-53-54(51,52)40-27(34(49)50)17-19-31(44)45)38-30(43)18-16-26(33(47)48)39-29(42)11-5-3-6-20-36-28(41)10-4-2-7-21-37-32(46)24-12-14-25(35)15-13-24/h12-15,23,26-27H,2-11,16-22H2,1H3,(H,36,41)(H,37,46)(H,38,43)(H,39,42)(H,44,45)(H,47,48)(H,49,50)(H2,40,51,52)/t23-,26+,27+/m1/s1. The Morgan fingerprint density at radius 1 is 0.685 bits per heavy atom. The maximum absolute atomic E-state index is 13.0. The molecule has 0 saturated heterocycles. The minimum absolute atomic E-state index is 0.0658. The average molecular weight is 790 g/mol. The van der Waals surface area contributed by atoms with Crippen molar-refractivity contribution in [3.63, 3.8) is 0 Å². The Balaban J connectivity index is 2.17. The molecular weight excluding hydrogens is 736 g/mol. The number of halogens is 1. The van der Waals surface area contributed by atoms with E-state index < -0.39 is 74.3 Å². The average Bonchev–Trinajstić information content (AvgIpc) is 3.09. The number of nitrogens with one attached hydrogen (secondary N) is 5. The number of carboxylic acid groups (broad SMARTS) is 3. The number of carboxylic acids is 3. The molecule has 4 amide bonds. The molecule has 0 radical (unpaired) electrons. The highest BCUT2D eigenvalue weighted by atomic mass is 31.2. The summed E-state index contributed by atoms with van der Waals surface area (Å²) in [6, 6.07) is 1.92. The second-order valence-electron chi connectivity index (χ2n) is 12.6. The molecule has 0 spiro atoms. The molecule has 304 valence electrons. The van der Waals surface area contributed by atoms with Gasteiger partial charge in [-0.15, -0.1) is 0 Å². The number of hydrogen-bond donors (Lipinski definition) is 9. The van der Waals surface area contributed by atoms with E-state index in [1.807, 2.05) is 5.09 Å². The molecule has 9 N–H and O–H groups in total. The van der Waals surface area contributed by atoms with Crippen LogP contribution >= 0.6 is 7.75 Å². The van der Waals surface area contributed by atoms with E-state index in [2.05, 4.69) is 21.3 Å². The van der Waals surface area contributed by atoms with Gasteiger partial charge in [0.05, 0.1) is 6.61 Å². The summed E-state index contributed by atoms with van der Waals surface area (Å²) >= 11 is 0. The Kier molecular flexibility index (Phi) is 23.2. The van der Waals surface area contributed by atoms with Crippen LogP contribution < -0.4 is 26.4 Å². The van der Waals surface area contributed by atoms with E-state index in [4.69, 9.17) is 14.7 Å². The number of amides is 4. The topological polar surface area (TPSA) is 287 Å². The molecule has 0 saturated carbocycles. The second kappa shape index (κ2) is 26.3. The number of benzene rings is 1. The number of carbonyl (C=O) groups excluding carboxylic acids is 4. The molecule has 1 aromatic rings. The monoisotopic (exact) mass is 789 g/mol. The Morgan fingerprint density at radius 3 is 1.83 bits per heavy atom. The van der Waals surface area contributed by atoms with Crippen molar-refractivity contribution < 1.29 is 67.3 Å². The van der Waals surface area contributed by atoms with Gasteiger partial charge in [-0.05, 0) is 82.6 Å². The highest BCUT2D eigenvalue weighted by molar-refractivity contribution is 7.50. The summed E-state index contributed by atoms with van der Waals surface area (Å²) in [4.78, 5) is 92.1. The smallest absolute Gasteiger partial charge is 0.403 e. The van der Waals surface area contributed by atoms with Crippen LogP contribution in [0.15, 0.2) is 24.3 Å². The van der Waals surface area contributed by atoms with Crippen LogP contribution in [0.2, 0.25) is 0 Å². The first kappa shape index (κ1) is 47.6. The lowest BCUT2D eigenvalue weighted by molar-refractivity contribution is -0.142. The largest absolute Gasteiger partial charge is 0.481 e. The Morgan fingerprint density at radius 2 is 1.24 bits per heavy atom. The summed E-state index contributed by atoms with van der Waals surface area (Å²) in [5, 5.41) is 39.8. The van der Waals surface area contributed by atoms with Crippen molar-refractivity contribution in [2.75, 3.05) is 19.7 Å². The molecule has 54 heavy (non-hydrogen) atoms. The van der Waals surface area contributed by atoms with Crippen LogP contribution in [-0.4, -0.2) is 99.6 Å². The number of carbonyl (C=O) groups is 7. The molecule has 1 aromatic carbocycles. The van der Waals surface area contributed by atoms with E-state index in [1.54, 1.807) is 6.92 Å². The van der Waals surface area contributed by atoms with Crippen molar-refractivity contribution >= 4 is 49.3 Å².